The number of anilines is 1. The number of fused-ring (bicyclic) bond motifs is 1. The molecule has 7 heteroatoms. The van der Waals surface area contributed by atoms with Gasteiger partial charge in [-0.05, 0) is 61.0 Å². The average Bonchev–Trinajstić information content (AvgIpc) is 3.11. The van der Waals surface area contributed by atoms with E-state index in [4.69, 9.17) is 32.4 Å². The number of ether oxygens (including phenoxy) is 1. The largest absolute Gasteiger partial charge is 0.484 e. The molecule has 4 rings (SSSR count). The summed E-state index contributed by atoms with van der Waals surface area (Å²) in [6, 6.07) is 17.8. The lowest BCUT2D eigenvalue weighted by Crippen LogP contribution is -2.20. The van der Waals surface area contributed by atoms with Gasteiger partial charge in [0.05, 0.1) is 10.6 Å². The standard InChI is InChI=1S/C22H16Cl2N2O3/c1-13-3-2-4-16(9-13)28-12-21(27)25-15-6-7-18(24)17(11-15)22-26-19-10-14(23)5-8-20(19)29-22/h2-11H,12H2,1H3,(H,25,27). The third-order valence-corrected chi connectivity index (χ3v) is 4.75. The van der Waals surface area contributed by atoms with Gasteiger partial charge in [0.2, 0.25) is 5.89 Å². The summed E-state index contributed by atoms with van der Waals surface area (Å²) in [5, 5.41) is 3.82. The second-order valence-electron chi connectivity index (χ2n) is 6.48. The number of aryl methyl sites for hydroxylation is 1. The van der Waals surface area contributed by atoms with Gasteiger partial charge in [0.25, 0.3) is 5.91 Å². The first-order valence-electron chi connectivity index (χ1n) is 8.83. The predicted molar refractivity (Wildman–Crippen MR) is 115 cm³/mol. The second-order valence-corrected chi connectivity index (χ2v) is 7.32. The van der Waals surface area contributed by atoms with E-state index < -0.39 is 0 Å². The Morgan fingerprint density at radius 2 is 1.97 bits per heavy atom. The summed E-state index contributed by atoms with van der Waals surface area (Å²) >= 11 is 12.3. The van der Waals surface area contributed by atoms with E-state index in [0.29, 0.717) is 44.0 Å². The number of aromatic nitrogens is 1. The number of carbonyl (C=O) groups is 1. The summed E-state index contributed by atoms with van der Waals surface area (Å²) in [5.74, 6) is 0.700. The Labute approximate surface area is 177 Å². The minimum atomic E-state index is -0.288. The molecule has 0 aliphatic rings. The van der Waals surface area contributed by atoms with Crippen molar-refractivity contribution in [1.29, 1.82) is 0 Å². The molecule has 0 bridgehead atoms. The van der Waals surface area contributed by atoms with Crippen molar-refractivity contribution < 1.29 is 13.9 Å². The van der Waals surface area contributed by atoms with E-state index in [1.807, 2.05) is 25.1 Å². The van der Waals surface area contributed by atoms with Crippen LogP contribution in [0.5, 0.6) is 5.75 Å². The number of amides is 1. The third kappa shape index (κ3) is 4.53. The number of halogens is 2. The van der Waals surface area contributed by atoms with Gasteiger partial charge in [0.15, 0.2) is 12.2 Å². The molecule has 1 heterocycles. The Bertz CT molecular complexity index is 1200. The number of nitrogens with zero attached hydrogens (tertiary/aromatic N) is 1. The zero-order valence-corrected chi connectivity index (χ0v) is 16.9. The molecule has 0 radical (unpaired) electrons. The molecule has 146 valence electrons. The van der Waals surface area contributed by atoms with E-state index >= 15 is 0 Å². The van der Waals surface area contributed by atoms with Crippen molar-refractivity contribution >= 4 is 45.9 Å². The summed E-state index contributed by atoms with van der Waals surface area (Å²) in [7, 11) is 0. The summed E-state index contributed by atoms with van der Waals surface area (Å²) in [6.07, 6.45) is 0. The highest BCUT2D eigenvalue weighted by molar-refractivity contribution is 6.33. The number of hydrogen-bond acceptors (Lipinski definition) is 4. The molecule has 0 spiro atoms. The van der Waals surface area contributed by atoms with Gasteiger partial charge in [-0.2, -0.15) is 0 Å². The Balaban J connectivity index is 1.50. The van der Waals surface area contributed by atoms with Crippen LogP contribution in [0.4, 0.5) is 5.69 Å². The molecule has 1 N–H and O–H groups in total. The zero-order chi connectivity index (χ0) is 20.4. The van der Waals surface area contributed by atoms with Crippen LogP contribution in [-0.2, 0) is 4.79 Å². The molecule has 0 fully saturated rings. The molecule has 29 heavy (non-hydrogen) atoms. The molecule has 0 aliphatic carbocycles. The molecule has 5 nitrogen and oxygen atoms in total. The summed E-state index contributed by atoms with van der Waals surface area (Å²) in [5.41, 5.74) is 3.41. The van der Waals surface area contributed by atoms with Crippen molar-refractivity contribution in [3.63, 3.8) is 0 Å². The second kappa shape index (κ2) is 8.15. The molecule has 3 aromatic carbocycles. The fourth-order valence-corrected chi connectivity index (χ4v) is 3.20. The van der Waals surface area contributed by atoms with Crippen LogP contribution in [-0.4, -0.2) is 17.5 Å². The van der Waals surface area contributed by atoms with Crippen LogP contribution in [0, 0.1) is 6.92 Å². The maximum absolute atomic E-state index is 12.3. The average molecular weight is 427 g/mol. The lowest BCUT2D eigenvalue weighted by Gasteiger charge is -2.09. The normalized spacial score (nSPS) is 10.9. The first-order valence-corrected chi connectivity index (χ1v) is 9.59. The van der Waals surface area contributed by atoms with Crippen LogP contribution >= 0.6 is 23.2 Å². The lowest BCUT2D eigenvalue weighted by atomic mass is 10.2. The monoisotopic (exact) mass is 426 g/mol. The SMILES string of the molecule is Cc1cccc(OCC(=O)Nc2ccc(Cl)c(-c3nc4cc(Cl)ccc4o3)c2)c1. The molecule has 0 atom stereocenters. The Morgan fingerprint density at radius 3 is 2.79 bits per heavy atom. The van der Waals surface area contributed by atoms with Crippen molar-refractivity contribution in [3.8, 4) is 17.2 Å². The summed E-state index contributed by atoms with van der Waals surface area (Å²) < 4.78 is 11.3. The van der Waals surface area contributed by atoms with E-state index in [2.05, 4.69) is 10.3 Å². The highest BCUT2D eigenvalue weighted by Gasteiger charge is 2.14. The van der Waals surface area contributed by atoms with Crippen LogP contribution < -0.4 is 10.1 Å². The van der Waals surface area contributed by atoms with Crippen molar-refractivity contribution in [3.05, 3.63) is 76.3 Å². The van der Waals surface area contributed by atoms with Crippen LogP contribution in [0.3, 0.4) is 0 Å². The van der Waals surface area contributed by atoms with E-state index in [0.717, 1.165) is 5.56 Å². The lowest BCUT2D eigenvalue weighted by molar-refractivity contribution is -0.118. The highest BCUT2D eigenvalue weighted by Crippen LogP contribution is 2.33. The topological polar surface area (TPSA) is 64.4 Å². The maximum atomic E-state index is 12.3. The number of rotatable bonds is 5. The van der Waals surface area contributed by atoms with Gasteiger partial charge in [0.1, 0.15) is 11.3 Å². The van der Waals surface area contributed by atoms with Crippen molar-refractivity contribution in [2.75, 3.05) is 11.9 Å². The van der Waals surface area contributed by atoms with E-state index in [1.54, 1.807) is 42.5 Å². The molecular formula is C22H16Cl2N2O3. The predicted octanol–water partition coefficient (Wildman–Crippen LogP) is 6.13. The molecule has 1 aromatic heterocycles. The summed E-state index contributed by atoms with van der Waals surface area (Å²) in [6.45, 7) is 1.85. The number of oxazole rings is 1. The molecule has 0 saturated carbocycles. The Hall–Kier alpha value is -3.02. The number of carbonyl (C=O) groups excluding carboxylic acids is 1. The minimum absolute atomic E-state index is 0.108. The number of nitrogens with one attached hydrogen (secondary N) is 1. The van der Waals surface area contributed by atoms with E-state index in [9.17, 15) is 4.79 Å². The Morgan fingerprint density at radius 1 is 1.10 bits per heavy atom. The van der Waals surface area contributed by atoms with E-state index in [-0.39, 0.29) is 12.5 Å². The van der Waals surface area contributed by atoms with Gasteiger partial charge in [-0.25, -0.2) is 4.98 Å². The molecule has 0 saturated heterocycles. The summed E-state index contributed by atoms with van der Waals surface area (Å²) in [4.78, 5) is 16.7. The molecule has 4 aromatic rings. The fraction of sp³-hybridized carbons (Fsp3) is 0.0909. The number of hydrogen-bond donors (Lipinski definition) is 1. The fourth-order valence-electron chi connectivity index (χ4n) is 2.83. The van der Waals surface area contributed by atoms with Gasteiger partial charge in [-0.3, -0.25) is 4.79 Å². The van der Waals surface area contributed by atoms with Crippen LogP contribution in [0.2, 0.25) is 10.0 Å². The minimum Gasteiger partial charge on any atom is -0.484 e. The van der Waals surface area contributed by atoms with Crippen LogP contribution in [0.1, 0.15) is 5.56 Å². The van der Waals surface area contributed by atoms with Crippen molar-refractivity contribution in [1.82, 2.24) is 4.98 Å². The van der Waals surface area contributed by atoms with Gasteiger partial charge in [-0.15, -0.1) is 0 Å². The van der Waals surface area contributed by atoms with Gasteiger partial charge >= 0.3 is 0 Å². The Kier molecular flexibility index (Phi) is 5.43. The van der Waals surface area contributed by atoms with Gasteiger partial charge in [0, 0.05) is 10.7 Å². The van der Waals surface area contributed by atoms with Crippen molar-refractivity contribution in [2.45, 2.75) is 6.92 Å². The molecule has 1 amide bonds. The molecule has 0 aliphatic heterocycles. The van der Waals surface area contributed by atoms with Crippen LogP contribution in [0.25, 0.3) is 22.6 Å². The quantitative estimate of drug-likeness (QED) is 0.416. The van der Waals surface area contributed by atoms with Crippen molar-refractivity contribution in [2.24, 2.45) is 0 Å². The van der Waals surface area contributed by atoms with Gasteiger partial charge < -0.3 is 14.5 Å². The third-order valence-electron chi connectivity index (χ3n) is 4.19. The highest BCUT2D eigenvalue weighted by atomic mass is 35.5. The smallest absolute Gasteiger partial charge is 0.262 e. The first kappa shape index (κ1) is 19.3. The van der Waals surface area contributed by atoms with E-state index in [1.165, 1.54) is 0 Å². The maximum Gasteiger partial charge on any atom is 0.262 e. The zero-order valence-electron chi connectivity index (χ0n) is 15.4. The molecule has 0 unspecified atom stereocenters. The first-order chi connectivity index (χ1) is 14.0. The molecular weight excluding hydrogens is 411 g/mol. The van der Waals surface area contributed by atoms with Crippen LogP contribution in [0.15, 0.2) is 65.1 Å². The van der Waals surface area contributed by atoms with Gasteiger partial charge in [-0.1, -0.05) is 35.3 Å². The number of benzene rings is 3.